The van der Waals surface area contributed by atoms with Gasteiger partial charge in [0.2, 0.25) is 0 Å². The minimum absolute atomic E-state index is 0.250. The number of hydrogen-bond acceptors (Lipinski definition) is 5. The number of nitrogens with zero attached hydrogens (tertiary/aromatic N) is 4. The monoisotopic (exact) mass is 361 g/mol. The van der Waals surface area contributed by atoms with E-state index >= 15 is 0 Å². The summed E-state index contributed by atoms with van der Waals surface area (Å²) >= 11 is 8.20. The summed E-state index contributed by atoms with van der Waals surface area (Å²) in [5.41, 5.74) is 2.02. The highest BCUT2D eigenvalue weighted by atomic mass is 35.5. The third kappa shape index (κ3) is 3.30. The summed E-state index contributed by atoms with van der Waals surface area (Å²) in [5.74, 6) is 1.66. The van der Waals surface area contributed by atoms with Crippen LogP contribution in [0.25, 0.3) is 16.4 Å². The van der Waals surface area contributed by atoms with Crippen LogP contribution in [0.5, 0.6) is 0 Å². The Morgan fingerprint density at radius 2 is 2.04 bits per heavy atom. The number of thiophene rings is 1. The Kier molecular flexibility index (Phi) is 4.87. The van der Waals surface area contributed by atoms with Crippen molar-refractivity contribution in [3.8, 4) is 16.4 Å². The molecule has 0 aliphatic rings. The lowest BCUT2D eigenvalue weighted by atomic mass is 10.1. The third-order valence-corrected chi connectivity index (χ3v) is 5.32. The molecule has 3 heterocycles. The average molecular weight is 362 g/mol. The quantitative estimate of drug-likeness (QED) is 0.662. The smallest absolute Gasteiger partial charge is 0.253 e. The SMILES string of the molecule is Cc1ccsc1-c1c(Cl)nc(-n2cccn2)nc1N[C@H](C)C(C)C. The Labute approximate surface area is 150 Å². The highest BCUT2D eigenvalue weighted by Crippen LogP contribution is 2.38. The van der Waals surface area contributed by atoms with Crippen molar-refractivity contribution in [2.75, 3.05) is 5.32 Å². The highest BCUT2D eigenvalue weighted by Gasteiger charge is 2.20. The molecule has 7 heteroatoms. The van der Waals surface area contributed by atoms with E-state index in [0.717, 1.165) is 21.8 Å². The van der Waals surface area contributed by atoms with Crippen molar-refractivity contribution in [2.24, 2.45) is 5.92 Å². The zero-order chi connectivity index (χ0) is 17.3. The molecule has 0 fully saturated rings. The Balaban J connectivity index is 2.15. The van der Waals surface area contributed by atoms with Gasteiger partial charge in [0.25, 0.3) is 5.95 Å². The van der Waals surface area contributed by atoms with Gasteiger partial charge in [-0.05, 0) is 42.8 Å². The second-order valence-electron chi connectivity index (χ2n) is 6.10. The molecule has 0 unspecified atom stereocenters. The van der Waals surface area contributed by atoms with E-state index in [2.05, 4.69) is 54.5 Å². The minimum Gasteiger partial charge on any atom is -0.367 e. The zero-order valence-electron chi connectivity index (χ0n) is 14.1. The maximum Gasteiger partial charge on any atom is 0.253 e. The number of halogens is 1. The van der Waals surface area contributed by atoms with Gasteiger partial charge in [-0.25, -0.2) is 4.68 Å². The molecule has 1 atom stereocenters. The number of anilines is 1. The number of rotatable bonds is 5. The zero-order valence-corrected chi connectivity index (χ0v) is 15.7. The molecule has 0 amide bonds. The predicted octanol–water partition coefficient (Wildman–Crippen LogP) is 4.81. The van der Waals surface area contributed by atoms with Gasteiger partial charge in [0.05, 0.1) is 5.56 Å². The van der Waals surface area contributed by atoms with Crippen LogP contribution in [0.1, 0.15) is 26.3 Å². The average Bonchev–Trinajstić information content (AvgIpc) is 3.18. The summed E-state index contributed by atoms with van der Waals surface area (Å²) in [5, 5.41) is 10.2. The van der Waals surface area contributed by atoms with Crippen LogP contribution in [0.2, 0.25) is 5.15 Å². The maximum absolute atomic E-state index is 6.55. The molecule has 0 spiro atoms. The molecule has 24 heavy (non-hydrogen) atoms. The van der Waals surface area contributed by atoms with Crippen LogP contribution in [0.15, 0.2) is 29.9 Å². The molecule has 3 aromatic rings. The van der Waals surface area contributed by atoms with E-state index in [9.17, 15) is 0 Å². The van der Waals surface area contributed by atoms with Crippen molar-refractivity contribution in [2.45, 2.75) is 33.7 Å². The number of aromatic nitrogens is 4. The van der Waals surface area contributed by atoms with Crippen molar-refractivity contribution in [3.05, 3.63) is 40.6 Å². The largest absolute Gasteiger partial charge is 0.367 e. The van der Waals surface area contributed by atoms with Gasteiger partial charge in [-0.1, -0.05) is 25.4 Å². The molecule has 0 bridgehead atoms. The molecule has 0 aromatic carbocycles. The van der Waals surface area contributed by atoms with E-state index in [0.29, 0.717) is 17.0 Å². The van der Waals surface area contributed by atoms with Crippen LogP contribution >= 0.6 is 22.9 Å². The van der Waals surface area contributed by atoms with Crippen LogP contribution in [-0.2, 0) is 0 Å². The Morgan fingerprint density at radius 3 is 2.62 bits per heavy atom. The Hall–Kier alpha value is -1.92. The van der Waals surface area contributed by atoms with Gasteiger partial charge in [0.1, 0.15) is 11.0 Å². The normalized spacial score (nSPS) is 12.6. The van der Waals surface area contributed by atoms with Crippen molar-refractivity contribution < 1.29 is 0 Å². The van der Waals surface area contributed by atoms with Crippen LogP contribution in [0.4, 0.5) is 5.82 Å². The molecular weight excluding hydrogens is 342 g/mol. The molecule has 0 aliphatic carbocycles. The first-order chi connectivity index (χ1) is 11.5. The number of hydrogen-bond donors (Lipinski definition) is 1. The van der Waals surface area contributed by atoms with Crippen molar-refractivity contribution in [3.63, 3.8) is 0 Å². The molecule has 126 valence electrons. The second kappa shape index (κ2) is 6.91. The summed E-state index contributed by atoms with van der Waals surface area (Å²) in [6, 6.07) is 4.16. The van der Waals surface area contributed by atoms with Gasteiger partial charge in [-0.15, -0.1) is 11.3 Å². The van der Waals surface area contributed by atoms with Crippen LogP contribution in [0.3, 0.4) is 0 Å². The third-order valence-electron chi connectivity index (χ3n) is 4.02. The van der Waals surface area contributed by atoms with Crippen molar-refractivity contribution >= 4 is 28.8 Å². The molecule has 0 radical (unpaired) electrons. The van der Waals surface area contributed by atoms with Gasteiger partial charge in [0, 0.05) is 23.3 Å². The Bertz CT molecular complexity index is 826. The first-order valence-electron chi connectivity index (χ1n) is 7.86. The van der Waals surface area contributed by atoms with E-state index in [1.165, 1.54) is 0 Å². The number of nitrogens with one attached hydrogen (secondary N) is 1. The van der Waals surface area contributed by atoms with Crippen molar-refractivity contribution in [1.29, 1.82) is 0 Å². The first-order valence-corrected chi connectivity index (χ1v) is 9.11. The fourth-order valence-corrected chi connectivity index (χ4v) is 3.52. The molecule has 0 saturated heterocycles. The fraction of sp³-hybridized carbons (Fsp3) is 0.353. The lowest BCUT2D eigenvalue weighted by molar-refractivity contribution is 0.558. The first kappa shape index (κ1) is 16.9. The fourth-order valence-electron chi connectivity index (χ4n) is 2.23. The lowest BCUT2D eigenvalue weighted by Crippen LogP contribution is -2.23. The summed E-state index contributed by atoms with van der Waals surface area (Å²) in [4.78, 5) is 10.2. The summed E-state index contributed by atoms with van der Waals surface area (Å²) < 4.78 is 1.61. The second-order valence-corrected chi connectivity index (χ2v) is 7.37. The molecular formula is C17H20ClN5S. The van der Waals surface area contributed by atoms with E-state index in [1.807, 2.05) is 6.07 Å². The van der Waals surface area contributed by atoms with Crippen LogP contribution < -0.4 is 5.32 Å². The summed E-state index contributed by atoms with van der Waals surface area (Å²) in [6.45, 7) is 8.55. The van der Waals surface area contributed by atoms with Gasteiger partial charge in [0.15, 0.2) is 0 Å². The standard InChI is InChI=1S/C17H20ClN5S/c1-10(2)12(4)20-16-13(14-11(3)6-9-24-14)15(18)21-17(22-16)23-8-5-7-19-23/h5-10,12H,1-4H3,(H,20,21,22)/t12-/m1/s1. The lowest BCUT2D eigenvalue weighted by Gasteiger charge is -2.21. The molecule has 1 N–H and O–H groups in total. The van der Waals surface area contributed by atoms with Gasteiger partial charge < -0.3 is 5.32 Å². The molecule has 5 nitrogen and oxygen atoms in total. The van der Waals surface area contributed by atoms with E-state index < -0.39 is 0 Å². The maximum atomic E-state index is 6.55. The van der Waals surface area contributed by atoms with E-state index in [4.69, 9.17) is 16.6 Å². The minimum atomic E-state index is 0.250. The topological polar surface area (TPSA) is 55.6 Å². The molecule has 0 saturated carbocycles. The summed E-state index contributed by atoms with van der Waals surface area (Å²) in [7, 11) is 0. The van der Waals surface area contributed by atoms with Gasteiger partial charge in [-0.3, -0.25) is 0 Å². The highest BCUT2D eigenvalue weighted by molar-refractivity contribution is 7.13. The predicted molar refractivity (Wildman–Crippen MR) is 100 cm³/mol. The molecule has 3 rings (SSSR count). The van der Waals surface area contributed by atoms with Crippen LogP contribution in [-0.4, -0.2) is 25.8 Å². The molecule has 0 aliphatic heterocycles. The van der Waals surface area contributed by atoms with Crippen molar-refractivity contribution in [1.82, 2.24) is 19.7 Å². The van der Waals surface area contributed by atoms with Crippen LogP contribution in [0, 0.1) is 12.8 Å². The van der Waals surface area contributed by atoms with E-state index in [-0.39, 0.29) is 6.04 Å². The van der Waals surface area contributed by atoms with Gasteiger partial charge in [-0.2, -0.15) is 15.1 Å². The van der Waals surface area contributed by atoms with Gasteiger partial charge >= 0.3 is 0 Å². The number of aryl methyl sites for hydroxylation is 1. The summed E-state index contributed by atoms with van der Waals surface area (Å²) in [6.07, 6.45) is 3.50. The molecule has 3 aromatic heterocycles. The van der Waals surface area contributed by atoms with E-state index in [1.54, 1.807) is 28.4 Å². The Morgan fingerprint density at radius 1 is 1.25 bits per heavy atom.